The predicted molar refractivity (Wildman–Crippen MR) is 60.9 cm³/mol. The fraction of sp³-hybridized carbons (Fsp3) is 0.385. The van der Waals surface area contributed by atoms with Crippen molar-refractivity contribution in [3.05, 3.63) is 35.4 Å². The number of aryl methyl sites for hydroxylation is 1. The summed E-state index contributed by atoms with van der Waals surface area (Å²) in [6.45, 7) is 2.69. The molecule has 1 aliphatic rings. The van der Waals surface area contributed by atoms with Gasteiger partial charge in [0.15, 0.2) is 0 Å². The molecule has 0 aromatic heterocycles. The summed E-state index contributed by atoms with van der Waals surface area (Å²) in [4.78, 5) is 13.8. The van der Waals surface area contributed by atoms with Crippen molar-refractivity contribution in [3.63, 3.8) is 0 Å². The van der Waals surface area contributed by atoms with Crippen LogP contribution in [0.3, 0.4) is 0 Å². The van der Waals surface area contributed by atoms with Gasteiger partial charge in [-0.3, -0.25) is 4.79 Å². The SMILES string of the molecule is Cc1ccc(C(=O)N2CCCC2C#N)cc1. The van der Waals surface area contributed by atoms with E-state index in [1.807, 2.05) is 31.2 Å². The quantitative estimate of drug-likeness (QED) is 0.718. The van der Waals surface area contributed by atoms with E-state index in [0.717, 1.165) is 18.4 Å². The van der Waals surface area contributed by atoms with Crippen LogP contribution in [-0.2, 0) is 0 Å². The summed E-state index contributed by atoms with van der Waals surface area (Å²) in [6.07, 6.45) is 1.73. The molecule has 1 aromatic carbocycles. The summed E-state index contributed by atoms with van der Waals surface area (Å²) in [7, 11) is 0. The molecule has 0 N–H and O–H groups in total. The molecular weight excluding hydrogens is 200 g/mol. The van der Waals surface area contributed by atoms with Crippen molar-refractivity contribution in [2.75, 3.05) is 6.54 Å². The van der Waals surface area contributed by atoms with Gasteiger partial charge in [0.05, 0.1) is 6.07 Å². The Morgan fingerprint density at radius 1 is 1.44 bits per heavy atom. The largest absolute Gasteiger partial charge is 0.323 e. The lowest BCUT2D eigenvalue weighted by Gasteiger charge is -2.19. The minimum absolute atomic E-state index is 0.0240. The summed E-state index contributed by atoms with van der Waals surface area (Å²) in [5.74, 6) is -0.0240. The second-order valence-electron chi connectivity index (χ2n) is 4.15. The van der Waals surface area contributed by atoms with Crippen LogP contribution in [0.5, 0.6) is 0 Å². The Morgan fingerprint density at radius 2 is 2.12 bits per heavy atom. The zero-order chi connectivity index (χ0) is 11.5. The Kier molecular flexibility index (Phi) is 2.91. The lowest BCUT2D eigenvalue weighted by atomic mass is 10.1. The van der Waals surface area contributed by atoms with Gasteiger partial charge in [0, 0.05) is 12.1 Å². The van der Waals surface area contributed by atoms with Crippen molar-refractivity contribution in [1.29, 1.82) is 5.26 Å². The Bertz CT molecular complexity index is 430. The molecule has 0 spiro atoms. The molecule has 1 aliphatic heterocycles. The lowest BCUT2D eigenvalue weighted by Crippen LogP contribution is -2.34. The van der Waals surface area contributed by atoms with Crippen LogP contribution >= 0.6 is 0 Å². The topological polar surface area (TPSA) is 44.1 Å². The molecule has 2 rings (SSSR count). The highest BCUT2D eigenvalue weighted by Crippen LogP contribution is 2.19. The van der Waals surface area contributed by atoms with Crippen LogP contribution in [0.25, 0.3) is 0 Å². The van der Waals surface area contributed by atoms with E-state index in [1.165, 1.54) is 0 Å². The van der Waals surface area contributed by atoms with E-state index in [9.17, 15) is 4.79 Å². The van der Waals surface area contributed by atoms with Crippen molar-refractivity contribution < 1.29 is 4.79 Å². The third-order valence-corrected chi connectivity index (χ3v) is 2.96. The number of hydrogen-bond acceptors (Lipinski definition) is 2. The maximum absolute atomic E-state index is 12.1. The molecule has 3 heteroatoms. The van der Waals surface area contributed by atoms with Crippen LogP contribution in [0.4, 0.5) is 0 Å². The minimum Gasteiger partial charge on any atom is -0.323 e. The van der Waals surface area contributed by atoms with E-state index in [0.29, 0.717) is 12.1 Å². The van der Waals surface area contributed by atoms with E-state index in [2.05, 4.69) is 6.07 Å². The van der Waals surface area contributed by atoms with Gasteiger partial charge in [-0.1, -0.05) is 17.7 Å². The van der Waals surface area contributed by atoms with Gasteiger partial charge in [0.2, 0.25) is 0 Å². The van der Waals surface area contributed by atoms with Crippen molar-refractivity contribution in [2.24, 2.45) is 0 Å². The molecule has 0 saturated carbocycles. The molecule has 1 aromatic rings. The number of nitrogens with zero attached hydrogens (tertiary/aromatic N) is 2. The van der Waals surface area contributed by atoms with Crippen LogP contribution in [-0.4, -0.2) is 23.4 Å². The molecule has 0 bridgehead atoms. The van der Waals surface area contributed by atoms with Crippen molar-refractivity contribution >= 4 is 5.91 Å². The van der Waals surface area contributed by atoms with E-state index >= 15 is 0 Å². The third-order valence-electron chi connectivity index (χ3n) is 2.96. The maximum atomic E-state index is 12.1. The number of rotatable bonds is 1. The molecule has 1 unspecified atom stereocenters. The Balaban J connectivity index is 2.19. The molecule has 82 valence electrons. The highest BCUT2D eigenvalue weighted by atomic mass is 16.2. The predicted octanol–water partition coefficient (Wildman–Crippen LogP) is 2.12. The van der Waals surface area contributed by atoms with E-state index in [1.54, 1.807) is 4.90 Å². The Hall–Kier alpha value is -1.82. The summed E-state index contributed by atoms with van der Waals surface area (Å²) >= 11 is 0. The van der Waals surface area contributed by atoms with Gasteiger partial charge in [-0.2, -0.15) is 5.26 Å². The van der Waals surface area contributed by atoms with Crippen LogP contribution in [0.1, 0.15) is 28.8 Å². The van der Waals surface area contributed by atoms with Crippen LogP contribution in [0.2, 0.25) is 0 Å². The summed E-state index contributed by atoms with van der Waals surface area (Å²) < 4.78 is 0. The molecule has 3 nitrogen and oxygen atoms in total. The molecular formula is C13H14N2O. The fourth-order valence-electron chi connectivity index (χ4n) is 2.01. The average molecular weight is 214 g/mol. The Labute approximate surface area is 95.3 Å². The molecule has 0 radical (unpaired) electrons. The second-order valence-corrected chi connectivity index (χ2v) is 4.15. The fourth-order valence-corrected chi connectivity index (χ4v) is 2.01. The molecule has 1 atom stereocenters. The second kappa shape index (κ2) is 4.36. The van der Waals surface area contributed by atoms with Crippen LogP contribution < -0.4 is 0 Å². The maximum Gasteiger partial charge on any atom is 0.254 e. The van der Waals surface area contributed by atoms with Gasteiger partial charge in [0.25, 0.3) is 5.91 Å². The van der Waals surface area contributed by atoms with Crippen LogP contribution in [0.15, 0.2) is 24.3 Å². The standard InChI is InChI=1S/C13H14N2O/c1-10-4-6-11(7-5-10)13(16)15-8-2-3-12(15)9-14/h4-7,12H,2-3,8H2,1H3. The lowest BCUT2D eigenvalue weighted by molar-refractivity contribution is 0.0765. The zero-order valence-corrected chi connectivity index (χ0v) is 9.31. The first-order chi connectivity index (χ1) is 7.72. The smallest absolute Gasteiger partial charge is 0.254 e. The number of carbonyl (C=O) groups is 1. The molecule has 1 saturated heterocycles. The first-order valence-corrected chi connectivity index (χ1v) is 5.49. The van der Waals surface area contributed by atoms with Gasteiger partial charge in [-0.05, 0) is 31.9 Å². The third kappa shape index (κ3) is 1.92. The van der Waals surface area contributed by atoms with Crippen LogP contribution in [0, 0.1) is 18.3 Å². The average Bonchev–Trinajstić information content (AvgIpc) is 2.77. The molecule has 16 heavy (non-hydrogen) atoms. The number of hydrogen-bond donors (Lipinski definition) is 0. The highest BCUT2D eigenvalue weighted by Gasteiger charge is 2.28. The first-order valence-electron chi connectivity index (χ1n) is 5.49. The monoisotopic (exact) mass is 214 g/mol. The van der Waals surface area contributed by atoms with Crippen molar-refractivity contribution in [2.45, 2.75) is 25.8 Å². The number of likely N-dealkylation sites (tertiary alicyclic amines) is 1. The van der Waals surface area contributed by atoms with Gasteiger partial charge in [-0.25, -0.2) is 0 Å². The highest BCUT2D eigenvalue weighted by molar-refractivity contribution is 5.94. The van der Waals surface area contributed by atoms with Crippen molar-refractivity contribution in [3.8, 4) is 6.07 Å². The van der Waals surface area contributed by atoms with E-state index in [4.69, 9.17) is 5.26 Å². The van der Waals surface area contributed by atoms with Gasteiger partial charge in [-0.15, -0.1) is 0 Å². The van der Waals surface area contributed by atoms with Gasteiger partial charge < -0.3 is 4.90 Å². The summed E-state index contributed by atoms with van der Waals surface area (Å²) in [5.41, 5.74) is 1.81. The molecule has 1 heterocycles. The minimum atomic E-state index is -0.242. The summed E-state index contributed by atoms with van der Waals surface area (Å²) in [6, 6.07) is 9.43. The Morgan fingerprint density at radius 3 is 2.75 bits per heavy atom. The zero-order valence-electron chi connectivity index (χ0n) is 9.31. The van der Waals surface area contributed by atoms with Crippen molar-refractivity contribution in [1.82, 2.24) is 4.90 Å². The van der Waals surface area contributed by atoms with E-state index in [-0.39, 0.29) is 11.9 Å². The number of benzene rings is 1. The molecule has 1 amide bonds. The van der Waals surface area contributed by atoms with E-state index < -0.39 is 0 Å². The van der Waals surface area contributed by atoms with Gasteiger partial charge in [0.1, 0.15) is 6.04 Å². The van der Waals surface area contributed by atoms with Gasteiger partial charge >= 0.3 is 0 Å². The summed E-state index contributed by atoms with van der Waals surface area (Å²) in [5, 5.41) is 8.93. The number of carbonyl (C=O) groups excluding carboxylic acids is 1. The first kappa shape index (κ1) is 10.7. The molecule has 0 aliphatic carbocycles. The normalized spacial score (nSPS) is 19.5. The molecule has 1 fully saturated rings. The number of nitriles is 1. The number of amides is 1.